The molecule has 4 heterocycles. The first-order valence-corrected chi connectivity index (χ1v) is 12.0. The highest BCUT2D eigenvalue weighted by molar-refractivity contribution is 6.38. The monoisotopic (exact) mass is 541 g/mol. The first-order chi connectivity index (χ1) is 17.8. The molecule has 6 rings (SSSR count). The van der Waals surface area contributed by atoms with Gasteiger partial charge in [0.1, 0.15) is 24.1 Å². The summed E-state index contributed by atoms with van der Waals surface area (Å²) in [5, 5.41) is 7.77. The van der Waals surface area contributed by atoms with Gasteiger partial charge in [0.05, 0.1) is 40.2 Å². The van der Waals surface area contributed by atoms with Crippen LogP contribution < -0.4 is 15.8 Å². The molecule has 0 saturated carbocycles. The Labute approximate surface area is 220 Å². The van der Waals surface area contributed by atoms with Gasteiger partial charge in [-0.3, -0.25) is 4.68 Å². The van der Waals surface area contributed by atoms with Crippen molar-refractivity contribution in [1.29, 1.82) is 0 Å². The third-order valence-corrected chi connectivity index (χ3v) is 7.12. The third kappa shape index (κ3) is 3.51. The molecule has 4 aromatic rings. The van der Waals surface area contributed by atoms with Crippen molar-refractivity contribution in [1.82, 2.24) is 19.7 Å². The molecule has 0 amide bonds. The second-order valence-electron chi connectivity index (χ2n) is 8.62. The van der Waals surface area contributed by atoms with Crippen LogP contribution in [0.5, 0.6) is 5.75 Å². The Hall–Kier alpha value is -3.89. The van der Waals surface area contributed by atoms with E-state index in [4.69, 9.17) is 33.7 Å². The zero-order valence-corrected chi connectivity index (χ0v) is 21.1. The molecule has 0 aliphatic carbocycles. The van der Waals surface area contributed by atoms with Crippen molar-refractivity contribution in [3.05, 3.63) is 75.9 Å². The van der Waals surface area contributed by atoms with Crippen LogP contribution in [0.3, 0.4) is 0 Å². The average Bonchev–Trinajstić information content (AvgIpc) is 3.18. The van der Waals surface area contributed by atoms with E-state index in [0.29, 0.717) is 33.8 Å². The van der Waals surface area contributed by atoms with E-state index in [1.54, 1.807) is 36.5 Å². The van der Waals surface area contributed by atoms with Crippen LogP contribution in [0, 0.1) is 11.6 Å². The summed E-state index contributed by atoms with van der Waals surface area (Å²) in [6.07, 6.45) is 4.66. The highest BCUT2D eigenvalue weighted by atomic mass is 35.5. The quantitative estimate of drug-likeness (QED) is 0.342. The van der Waals surface area contributed by atoms with Crippen molar-refractivity contribution < 1.29 is 13.5 Å². The number of nitrogens with zero attached hydrogens (tertiary/aromatic N) is 5. The maximum Gasteiger partial charge on any atom is 0.210 e. The number of nitrogens with one attached hydrogen (secondary N) is 1. The van der Waals surface area contributed by atoms with Crippen LogP contribution in [-0.4, -0.2) is 32.2 Å². The number of nitrogen functional groups attached to an aromatic ring is 1. The zero-order chi connectivity index (χ0) is 26.0. The van der Waals surface area contributed by atoms with Crippen LogP contribution in [0.4, 0.5) is 20.3 Å². The van der Waals surface area contributed by atoms with E-state index < -0.39 is 17.7 Å². The summed E-state index contributed by atoms with van der Waals surface area (Å²) in [6, 6.07) is 6.02. The molecule has 0 saturated heterocycles. The molecular formula is C25H19Cl2F2N7O. The Bertz CT molecular complexity index is 1670. The van der Waals surface area contributed by atoms with Crippen molar-refractivity contribution in [2.45, 2.75) is 13.0 Å². The summed E-state index contributed by atoms with van der Waals surface area (Å²) in [4.78, 5) is 10.5. The molecule has 37 heavy (non-hydrogen) atoms. The minimum absolute atomic E-state index is 0.0219. The van der Waals surface area contributed by atoms with Gasteiger partial charge < -0.3 is 20.7 Å². The fraction of sp³-hybridized carbons (Fsp3) is 0.160. The van der Waals surface area contributed by atoms with Gasteiger partial charge in [0.2, 0.25) is 5.22 Å². The van der Waals surface area contributed by atoms with Crippen molar-refractivity contribution >= 4 is 51.4 Å². The minimum Gasteiger partial charge on any atom is -0.440 e. The lowest BCUT2D eigenvalue weighted by molar-refractivity contribution is 0.405. The molecular weight excluding hydrogens is 523 g/mol. The second-order valence-corrected chi connectivity index (χ2v) is 9.37. The van der Waals surface area contributed by atoms with Crippen molar-refractivity contribution in [2.75, 3.05) is 17.7 Å². The molecule has 12 heteroatoms. The van der Waals surface area contributed by atoms with Crippen LogP contribution in [0.25, 0.3) is 22.0 Å². The third-order valence-electron chi connectivity index (χ3n) is 6.57. The van der Waals surface area contributed by atoms with Gasteiger partial charge in [-0.2, -0.15) is 5.10 Å². The number of pyridine rings is 1. The van der Waals surface area contributed by atoms with Gasteiger partial charge in [-0.1, -0.05) is 17.7 Å². The summed E-state index contributed by atoms with van der Waals surface area (Å²) in [5.41, 5.74) is 7.62. The van der Waals surface area contributed by atoms with Gasteiger partial charge in [0.25, 0.3) is 0 Å². The van der Waals surface area contributed by atoms with Gasteiger partial charge in [0.15, 0.2) is 11.6 Å². The highest BCUT2D eigenvalue weighted by Crippen LogP contribution is 2.50. The number of amidine groups is 1. The van der Waals surface area contributed by atoms with Crippen LogP contribution in [0.2, 0.25) is 5.02 Å². The SMILES string of the molecule is CC(c1cccnc1N)N1C=C(Cl)Oc2c(F)c(-c3c(F)ccc4cnn(C)c34)c(Cl)c3c2C1=NCN3. The van der Waals surface area contributed by atoms with E-state index in [9.17, 15) is 0 Å². The number of hydrogen-bond acceptors (Lipinski definition) is 7. The normalized spacial score (nSPS) is 15.4. The number of anilines is 2. The first-order valence-electron chi connectivity index (χ1n) is 11.3. The lowest BCUT2D eigenvalue weighted by Crippen LogP contribution is -2.33. The molecule has 1 unspecified atom stereocenters. The molecule has 3 N–H and O–H groups in total. The number of fused-ring (bicyclic) bond motifs is 1. The number of aromatic nitrogens is 3. The Morgan fingerprint density at radius 3 is 2.76 bits per heavy atom. The molecule has 8 nitrogen and oxygen atoms in total. The molecule has 0 bridgehead atoms. The highest BCUT2D eigenvalue weighted by Gasteiger charge is 2.37. The fourth-order valence-corrected chi connectivity index (χ4v) is 5.37. The van der Waals surface area contributed by atoms with E-state index in [1.165, 1.54) is 16.9 Å². The number of benzene rings is 2. The zero-order valence-electron chi connectivity index (χ0n) is 19.6. The molecule has 2 aliphatic rings. The number of aliphatic imine (C=N–C) groups is 1. The number of aryl methyl sites for hydroxylation is 1. The Morgan fingerprint density at radius 2 is 1.97 bits per heavy atom. The van der Waals surface area contributed by atoms with Gasteiger partial charge in [-0.25, -0.2) is 18.8 Å². The largest absolute Gasteiger partial charge is 0.440 e. The van der Waals surface area contributed by atoms with Gasteiger partial charge >= 0.3 is 0 Å². The topological polar surface area (TPSA) is 93.6 Å². The summed E-state index contributed by atoms with van der Waals surface area (Å²) in [7, 11) is 1.65. The summed E-state index contributed by atoms with van der Waals surface area (Å²) in [6.45, 7) is 2.01. The molecule has 0 radical (unpaired) electrons. The van der Waals surface area contributed by atoms with Gasteiger partial charge in [0, 0.05) is 35.3 Å². The van der Waals surface area contributed by atoms with E-state index >= 15 is 8.78 Å². The molecule has 188 valence electrons. The minimum atomic E-state index is -0.880. The van der Waals surface area contributed by atoms with Crippen LogP contribution in [0.15, 0.2) is 53.1 Å². The molecule has 2 aromatic heterocycles. The Morgan fingerprint density at radius 1 is 1.16 bits per heavy atom. The molecule has 1 atom stereocenters. The number of halogens is 4. The first kappa shape index (κ1) is 23.5. The van der Waals surface area contributed by atoms with E-state index in [1.807, 2.05) is 13.0 Å². The van der Waals surface area contributed by atoms with Crippen LogP contribution >= 0.6 is 23.2 Å². The Kier molecular flexibility index (Phi) is 5.46. The molecule has 0 fully saturated rings. The molecule has 2 aliphatic heterocycles. The van der Waals surface area contributed by atoms with E-state index in [2.05, 4.69) is 20.4 Å². The van der Waals surface area contributed by atoms with Crippen LogP contribution in [-0.2, 0) is 7.05 Å². The lowest BCUT2D eigenvalue weighted by atomic mass is 9.96. The maximum atomic E-state index is 16.4. The second kappa shape index (κ2) is 8.60. The summed E-state index contributed by atoms with van der Waals surface area (Å²) in [5.74, 6) is -1.07. The van der Waals surface area contributed by atoms with Crippen LogP contribution in [0.1, 0.15) is 24.1 Å². The maximum absolute atomic E-state index is 16.4. The fourth-order valence-electron chi connectivity index (χ4n) is 4.85. The number of nitrogens with two attached hydrogens (primary N) is 1. The summed E-state index contributed by atoms with van der Waals surface area (Å²) >= 11 is 13.3. The average molecular weight is 542 g/mol. The van der Waals surface area contributed by atoms with E-state index in [0.717, 1.165) is 0 Å². The number of ether oxygens (including phenoxy) is 1. The van der Waals surface area contributed by atoms with Crippen molar-refractivity contribution in [2.24, 2.45) is 12.0 Å². The number of rotatable bonds is 3. The molecule has 2 aromatic carbocycles. The van der Waals surface area contributed by atoms with Crippen molar-refractivity contribution in [3.8, 4) is 16.9 Å². The summed E-state index contributed by atoms with van der Waals surface area (Å²) < 4.78 is 39.0. The smallest absolute Gasteiger partial charge is 0.210 e. The predicted octanol–water partition coefficient (Wildman–Crippen LogP) is 5.77. The number of hydrogen-bond donors (Lipinski definition) is 2. The Balaban J connectivity index is 1.61. The predicted molar refractivity (Wildman–Crippen MR) is 140 cm³/mol. The van der Waals surface area contributed by atoms with Gasteiger partial charge in [-0.05, 0) is 36.7 Å². The molecule has 0 spiro atoms. The van der Waals surface area contributed by atoms with Crippen molar-refractivity contribution in [3.63, 3.8) is 0 Å². The lowest BCUT2D eigenvalue weighted by Gasteiger charge is -2.32. The van der Waals surface area contributed by atoms with Gasteiger partial charge in [-0.15, -0.1) is 0 Å². The standard InChI is InChI=1S/C25H19Cl2F2N7O/c1-11(13-4-3-7-31-24(13)30)36-9-15(26)37-23-18-21(32-10-33-25(18)36)19(27)17(20(23)29)16-14(28)6-5-12-8-34-35(2)22(12)16/h3-9,11,32H,10H2,1-2H3,(H2,30,31). The van der Waals surface area contributed by atoms with E-state index in [-0.39, 0.29) is 39.3 Å².